The topological polar surface area (TPSA) is 233 Å². The number of carbonyl (C=O) groups is 2. The molecule has 4 saturated heterocycles. The molecule has 10 heterocycles. The fourth-order valence-electron chi connectivity index (χ4n) is 10.6. The highest BCUT2D eigenvalue weighted by Gasteiger charge is 2.32. The van der Waals surface area contributed by atoms with E-state index in [-0.39, 0.29) is 68.6 Å². The summed E-state index contributed by atoms with van der Waals surface area (Å²) in [6.07, 6.45) is 13.8. The molecule has 0 N–H and O–H groups in total. The molecular weight excluding hydrogens is 1210 g/mol. The summed E-state index contributed by atoms with van der Waals surface area (Å²) in [6.45, 7) is 16.1. The number of benzene rings is 2. The van der Waals surface area contributed by atoms with E-state index in [2.05, 4.69) is 35.0 Å². The smallest absolute Gasteiger partial charge is 0.410 e. The van der Waals surface area contributed by atoms with Gasteiger partial charge in [0.05, 0.1) is 55.8 Å². The van der Waals surface area contributed by atoms with Gasteiger partial charge < -0.3 is 48.0 Å². The molecule has 0 radical (unpaired) electrons. The van der Waals surface area contributed by atoms with E-state index in [9.17, 15) is 13.8 Å². The van der Waals surface area contributed by atoms with Gasteiger partial charge >= 0.3 is 12.2 Å². The Bertz CT molecular complexity index is 3920. The Morgan fingerprint density at radius 1 is 0.632 bits per heavy atom. The first-order chi connectivity index (χ1) is 41.6. The number of halogens is 4. The van der Waals surface area contributed by atoms with E-state index in [1.807, 2.05) is 58.8 Å². The second-order valence-corrected chi connectivity index (χ2v) is 25.9. The fraction of sp³-hybridized carbons (Fsp3) is 0.483. The van der Waals surface area contributed by atoms with Crippen LogP contribution in [0.5, 0.6) is 23.3 Å². The van der Waals surface area contributed by atoms with Crippen LogP contribution in [0.15, 0.2) is 59.4 Å². The third-order valence-corrected chi connectivity index (χ3v) is 16.7. The average molecular weight is 1280 g/mol. The molecule has 2 amide bonds. The van der Waals surface area contributed by atoms with Gasteiger partial charge in [0.1, 0.15) is 55.6 Å². The summed E-state index contributed by atoms with van der Waals surface area (Å²) in [5.41, 5.74) is 0.580. The van der Waals surface area contributed by atoms with Crippen molar-refractivity contribution in [1.82, 2.24) is 59.3 Å². The van der Waals surface area contributed by atoms with Crippen molar-refractivity contribution in [3.8, 4) is 23.3 Å². The SMILES string of the molecule is CS(=O)c1nc(N2CCN(C(=O)OC(C)(C)C)CC2)c2ccnc(Oc3c(Cl)c(F)cc4c3cnn4C3CCCCO3)c2n1.CSc1nc(N2CCN(C(=O)OC(C)(C)C)CC2)c2ccnc(Oc3c(Cl)c(F)cc4c3cnn4C3CCCCO3)c2n1. The van der Waals surface area contributed by atoms with Crippen LogP contribution in [0.3, 0.4) is 0 Å². The molecule has 4 aliphatic rings. The van der Waals surface area contributed by atoms with Gasteiger partial charge in [0.2, 0.25) is 16.9 Å². The number of anilines is 2. The van der Waals surface area contributed by atoms with Gasteiger partial charge in [0.25, 0.3) is 0 Å². The number of thioether (sulfide) groups is 1. The zero-order valence-corrected chi connectivity index (χ0v) is 52.5. The molecular formula is C58H66Cl2F2N14O9S2. The van der Waals surface area contributed by atoms with E-state index in [0.717, 1.165) is 38.5 Å². The molecule has 23 nitrogen and oxygen atoms in total. The normalized spacial score (nSPS) is 18.3. The van der Waals surface area contributed by atoms with E-state index in [1.54, 1.807) is 43.8 Å². The number of nitrogens with zero attached hydrogens (tertiary/aromatic N) is 14. The molecule has 12 rings (SSSR count). The summed E-state index contributed by atoms with van der Waals surface area (Å²) in [5.74, 6) is 0.257. The zero-order chi connectivity index (χ0) is 61.5. The van der Waals surface area contributed by atoms with Gasteiger partial charge in [-0.1, -0.05) is 35.0 Å². The lowest BCUT2D eigenvalue weighted by molar-refractivity contribution is -0.0368. The quantitative estimate of drug-likeness (QED) is 0.0914. The molecule has 2 aromatic carbocycles. The Kier molecular flexibility index (Phi) is 18.1. The van der Waals surface area contributed by atoms with Crippen LogP contribution < -0.4 is 19.3 Å². The highest BCUT2D eigenvalue weighted by molar-refractivity contribution is 7.98. The number of pyridine rings is 2. The van der Waals surface area contributed by atoms with Crippen LogP contribution in [0.1, 0.15) is 92.5 Å². The molecule has 6 aromatic heterocycles. The van der Waals surface area contributed by atoms with Crippen molar-refractivity contribution in [2.75, 3.05) is 87.9 Å². The van der Waals surface area contributed by atoms with E-state index < -0.39 is 33.6 Å². The van der Waals surface area contributed by atoms with Crippen molar-refractivity contribution in [1.29, 1.82) is 0 Å². The van der Waals surface area contributed by atoms with Gasteiger partial charge in [-0.05, 0) is 98.5 Å². The monoisotopic (exact) mass is 1270 g/mol. The van der Waals surface area contributed by atoms with Crippen molar-refractivity contribution in [2.24, 2.45) is 0 Å². The molecule has 0 bridgehead atoms. The zero-order valence-electron chi connectivity index (χ0n) is 49.4. The lowest BCUT2D eigenvalue weighted by Gasteiger charge is -2.36. The van der Waals surface area contributed by atoms with Crippen molar-refractivity contribution in [3.63, 3.8) is 0 Å². The molecule has 3 unspecified atom stereocenters. The predicted octanol–water partition coefficient (Wildman–Crippen LogP) is 11.9. The summed E-state index contributed by atoms with van der Waals surface area (Å²) in [5, 5.41) is 11.5. The highest BCUT2D eigenvalue weighted by Crippen LogP contribution is 2.44. The van der Waals surface area contributed by atoms with Crippen LogP contribution in [0.2, 0.25) is 10.0 Å². The molecule has 462 valence electrons. The second-order valence-electron chi connectivity index (χ2n) is 23.1. The summed E-state index contributed by atoms with van der Waals surface area (Å²) >= 11 is 14.3. The maximum atomic E-state index is 15.2. The first kappa shape index (κ1) is 61.6. The fourth-order valence-corrected chi connectivity index (χ4v) is 11.8. The minimum atomic E-state index is -1.54. The molecule has 4 aliphatic heterocycles. The van der Waals surface area contributed by atoms with Gasteiger partial charge in [-0.3, -0.25) is 4.21 Å². The first-order valence-electron chi connectivity index (χ1n) is 28.6. The molecule has 3 atom stereocenters. The number of hydrogen-bond acceptors (Lipinski definition) is 20. The standard InChI is InChI=1S/C29H33ClFN7O5S.C29H33ClFN7O4S/c1-29(2,3)43-28(39)37-12-10-36(11-13-37)25-17-8-9-32-26(23(17)34-27(35-25)44(4)40)42-24-18-16-33-38(21-7-5-6-14-41-21)20(18)15-19(31)22(24)30;1-29(2,3)42-28(39)37-12-10-36(11-13-37)25-17-8-9-32-26(23(17)34-27(35-25)43-4)41-24-18-16-33-38(21-7-5-6-14-40-21)20(18)15-19(31)22(24)30/h8-9,15-16,21H,5-7,10-14H2,1-4H3;8-9,15-16,21H,5-7,10-14H2,1-4H3. The molecule has 0 aliphatic carbocycles. The first-order valence-corrected chi connectivity index (χ1v) is 32.1. The molecule has 29 heteroatoms. The van der Waals surface area contributed by atoms with Crippen molar-refractivity contribution < 1.29 is 51.0 Å². The lowest BCUT2D eigenvalue weighted by Crippen LogP contribution is -2.50. The number of piperazine rings is 2. The van der Waals surface area contributed by atoms with Crippen LogP contribution in [0.4, 0.5) is 30.0 Å². The number of aromatic nitrogens is 10. The van der Waals surface area contributed by atoms with E-state index >= 15 is 8.78 Å². The maximum absolute atomic E-state index is 15.2. The molecule has 0 saturated carbocycles. The van der Waals surface area contributed by atoms with Gasteiger partial charge in [-0.2, -0.15) is 10.2 Å². The Labute approximate surface area is 516 Å². The van der Waals surface area contributed by atoms with Crippen molar-refractivity contribution >= 4 is 113 Å². The minimum Gasteiger partial charge on any atom is -0.444 e. The Hall–Kier alpha value is -7.04. The van der Waals surface area contributed by atoms with Gasteiger partial charge in [0, 0.05) is 96.4 Å². The third kappa shape index (κ3) is 13.4. The summed E-state index contributed by atoms with van der Waals surface area (Å²) in [6, 6.07) is 6.24. The minimum absolute atomic E-state index is 0.0361. The van der Waals surface area contributed by atoms with Gasteiger partial charge in [-0.25, -0.2) is 57.6 Å². The Morgan fingerprint density at radius 2 is 1.07 bits per heavy atom. The van der Waals surface area contributed by atoms with Crippen LogP contribution in [-0.2, 0) is 29.7 Å². The molecule has 4 fully saturated rings. The molecule has 87 heavy (non-hydrogen) atoms. The van der Waals surface area contributed by atoms with Crippen LogP contribution >= 0.6 is 35.0 Å². The summed E-state index contributed by atoms with van der Waals surface area (Å²) in [7, 11) is -1.54. The predicted molar refractivity (Wildman–Crippen MR) is 326 cm³/mol. The van der Waals surface area contributed by atoms with E-state index in [1.165, 1.54) is 36.3 Å². The van der Waals surface area contributed by atoms with E-state index in [4.69, 9.17) is 61.6 Å². The number of hydrogen-bond donors (Lipinski definition) is 0. The number of ether oxygens (including phenoxy) is 6. The summed E-state index contributed by atoms with van der Waals surface area (Å²) < 4.78 is 81.7. The second kappa shape index (κ2) is 25.6. The van der Waals surface area contributed by atoms with Crippen LogP contribution in [0.25, 0.3) is 43.6 Å². The summed E-state index contributed by atoms with van der Waals surface area (Å²) in [4.78, 5) is 60.2. The molecule has 8 aromatic rings. The third-order valence-electron chi connectivity index (χ3n) is 14.7. The van der Waals surface area contributed by atoms with E-state index in [0.29, 0.717) is 120 Å². The lowest BCUT2D eigenvalue weighted by atomic mass is 10.2. The number of carbonyl (C=O) groups excluding carboxylic acids is 2. The number of rotatable bonds is 10. The van der Waals surface area contributed by atoms with Gasteiger partial charge in [0.15, 0.2) is 29.1 Å². The highest BCUT2D eigenvalue weighted by atomic mass is 35.5. The Morgan fingerprint density at radius 3 is 1.47 bits per heavy atom. The van der Waals surface area contributed by atoms with Crippen molar-refractivity contribution in [3.05, 3.63) is 70.7 Å². The van der Waals surface area contributed by atoms with Crippen LogP contribution in [-0.4, -0.2) is 165 Å². The van der Waals surface area contributed by atoms with Crippen LogP contribution in [0, 0.1) is 11.6 Å². The largest absolute Gasteiger partial charge is 0.444 e. The average Bonchev–Trinajstić information content (AvgIpc) is 2.05. The van der Waals surface area contributed by atoms with Gasteiger partial charge in [-0.15, -0.1) is 0 Å². The Balaban J connectivity index is 0.000000180. The van der Waals surface area contributed by atoms with Crippen molar-refractivity contribution in [2.45, 2.75) is 114 Å². The molecule has 0 spiro atoms. The number of amides is 2. The maximum Gasteiger partial charge on any atom is 0.410 e. The number of fused-ring (bicyclic) bond motifs is 4.